The fourth-order valence-corrected chi connectivity index (χ4v) is 2.26. The molecular weight excluding hydrogens is 208 g/mol. The Labute approximate surface area is 94.7 Å². The minimum Gasteiger partial charge on any atom is -0.481 e. The van der Waals surface area contributed by atoms with Gasteiger partial charge in [0, 0.05) is 4.90 Å². The summed E-state index contributed by atoms with van der Waals surface area (Å²) in [5.74, 6) is 0.246. The minimum absolute atomic E-state index is 0.116. The molecule has 0 aliphatic heterocycles. The van der Waals surface area contributed by atoms with Crippen LogP contribution >= 0.6 is 11.8 Å². The Kier molecular flexibility index (Phi) is 4.69. The van der Waals surface area contributed by atoms with Gasteiger partial charge < -0.3 is 5.11 Å². The average molecular weight is 224 g/mol. The summed E-state index contributed by atoms with van der Waals surface area (Å²) < 4.78 is 0. The molecule has 0 aliphatic rings. The van der Waals surface area contributed by atoms with Crippen LogP contribution < -0.4 is 0 Å². The van der Waals surface area contributed by atoms with Crippen molar-refractivity contribution in [1.82, 2.24) is 0 Å². The molecule has 82 valence electrons. The molecule has 0 heterocycles. The SMILES string of the molecule is CCSc1cc(CC)cc(CC(=O)O)c1. The minimum atomic E-state index is -0.768. The predicted molar refractivity (Wildman–Crippen MR) is 63.6 cm³/mol. The molecule has 0 aromatic heterocycles. The second-order valence-electron chi connectivity index (χ2n) is 3.34. The molecule has 0 fully saturated rings. The zero-order chi connectivity index (χ0) is 11.3. The molecule has 0 bridgehead atoms. The maximum Gasteiger partial charge on any atom is 0.307 e. The van der Waals surface area contributed by atoms with Gasteiger partial charge in [-0.3, -0.25) is 4.79 Å². The molecule has 3 heteroatoms. The van der Waals surface area contributed by atoms with Gasteiger partial charge in [-0.25, -0.2) is 0 Å². The molecule has 1 N–H and O–H groups in total. The van der Waals surface area contributed by atoms with Gasteiger partial charge >= 0.3 is 5.97 Å². The second kappa shape index (κ2) is 5.81. The van der Waals surface area contributed by atoms with Crippen LogP contribution in [0.3, 0.4) is 0 Å². The van der Waals surface area contributed by atoms with Crippen molar-refractivity contribution in [1.29, 1.82) is 0 Å². The third-order valence-electron chi connectivity index (χ3n) is 2.10. The van der Waals surface area contributed by atoms with Gasteiger partial charge in [0.25, 0.3) is 0 Å². The van der Waals surface area contributed by atoms with Crippen molar-refractivity contribution < 1.29 is 9.90 Å². The van der Waals surface area contributed by atoms with Gasteiger partial charge in [-0.05, 0) is 35.4 Å². The second-order valence-corrected chi connectivity index (χ2v) is 4.68. The lowest BCUT2D eigenvalue weighted by molar-refractivity contribution is -0.136. The largest absolute Gasteiger partial charge is 0.481 e. The van der Waals surface area contributed by atoms with E-state index in [2.05, 4.69) is 19.9 Å². The number of hydrogen-bond donors (Lipinski definition) is 1. The zero-order valence-corrected chi connectivity index (χ0v) is 9.93. The van der Waals surface area contributed by atoms with E-state index in [1.165, 1.54) is 10.5 Å². The molecule has 1 aromatic carbocycles. The number of carbonyl (C=O) groups is 1. The highest BCUT2D eigenvalue weighted by atomic mass is 32.2. The lowest BCUT2D eigenvalue weighted by atomic mass is 10.1. The Bertz CT molecular complexity index is 347. The van der Waals surface area contributed by atoms with Gasteiger partial charge in [-0.15, -0.1) is 11.8 Å². The highest BCUT2D eigenvalue weighted by Crippen LogP contribution is 2.21. The van der Waals surface area contributed by atoms with Crippen molar-refractivity contribution in [3.05, 3.63) is 29.3 Å². The van der Waals surface area contributed by atoms with Crippen molar-refractivity contribution in [2.24, 2.45) is 0 Å². The number of hydrogen-bond acceptors (Lipinski definition) is 2. The first-order valence-corrected chi connectivity index (χ1v) is 6.11. The monoisotopic (exact) mass is 224 g/mol. The molecule has 0 radical (unpaired) electrons. The summed E-state index contributed by atoms with van der Waals surface area (Å²) in [5.41, 5.74) is 2.11. The van der Waals surface area contributed by atoms with Gasteiger partial charge in [0.15, 0.2) is 0 Å². The quantitative estimate of drug-likeness (QED) is 0.781. The van der Waals surface area contributed by atoms with Crippen molar-refractivity contribution in [2.45, 2.75) is 31.6 Å². The third-order valence-corrected chi connectivity index (χ3v) is 2.96. The van der Waals surface area contributed by atoms with Gasteiger partial charge in [-0.2, -0.15) is 0 Å². The fraction of sp³-hybridized carbons (Fsp3) is 0.417. The van der Waals surface area contributed by atoms with Crippen LogP contribution in [0.4, 0.5) is 0 Å². The first-order chi connectivity index (χ1) is 7.15. The van der Waals surface area contributed by atoms with Crippen LogP contribution in [0.1, 0.15) is 25.0 Å². The molecule has 0 saturated carbocycles. The van der Waals surface area contributed by atoms with Crippen LogP contribution in [0.15, 0.2) is 23.1 Å². The van der Waals surface area contributed by atoms with Crippen LogP contribution in [0.5, 0.6) is 0 Å². The third kappa shape index (κ3) is 3.96. The summed E-state index contributed by atoms with van der Waals surface area (Å²) in [6.45, 7) is 4.18. The lowest BCUT2D eigenvalue weighted by Gasteiger charge is -2.06. The molecule has 0 spiro atoms. The average Bonchev–Trinajstić information content (AvgIpc) is 2.16. The number of aliphatic carboxylic acids is 1. The lowest BCUT2D eigenvalue weighted by Crippen LogP contribution is -2.01. The van der Waals surface area contributed by atoms with Crippen LogP contribution in [0, 0.1) is 0 Å². The van der Waals surface area contributed by atoms with E-state index in [0.29, 0.717) is 0 Å². The summed E-state index contributed by atoms with van der Waals surface area (Å²) in [4.78, 5) is 11.8. The molecule has 0 unspecified atom stereocenters. The topological polar surface area (TPSA) is 37.3 Å². The van der Waals surface area contributed by atoms with Crippen LogP contribution in [-0.4, -0.2) is 16.8 Å². The Balaban J connectivity index is 2.94. The highest BCUT2D eigenvalue weighted by Gasteiger charge is 2.04. The van der Waals surface area contributed by atoms with Crippen molar-refractivity contribution >= 4 is 17.7 Å². The van der Waals surface area contributed by atoms with E-state index in [9.17, 15) is 4.79 Å². The molecule has 1 rings (SSSR count). The van der Waals surface area contributed by atoms with Gasteiger partial charge in [0.1, 0.15) is 0 Å². The van der Waals surface area contributed by atoms with E-state index in [0.717, 1.165) is 17.7 Å². The first kappa shape index (κ1) is 12.1. The number of thioether (sulfide) groups is 1. The standard InChI is InChI=1S/C12H16O2S/c1-3-9-5-10(8-12(13)14)7-11(6-9)15-4-2/h5-7H,3-4,8H2,1-2H3,(H,13,14). The summed E-state index contributed by atoms with van der Waals surface area (Å²) >= 11 is 1.75. The predicted octanol–water partition coefficient (Wildman–Crippen LogP) is 2.99. The summed E-state index contributed by atoms with van der Waals surface area (Å²) in [7, 11) is 0. The molecule has 1 aromatic rings. The van der Waals surface area contributed by atoms with E-state index in [4.69, 9.17) is 5.11 Å². The van der Waals surface area contributed by atoms with Crippen LogP contribution in [0.2, 0.25) is 0 Å². The molecule has 15 heavy (non-hydrogen) atoms. The summed E-state index contributed by atoms with van der Waals surface area (Å²) in [6.07, 6.45) is 1.07. The molecule has 0 saturated heterocycles. The maximum absolute atomic E-state index is 10.6. The molecule has 0 aliphatic carbocycles. The first-order valence-electron chi connectivity index (χ1n) is 5.13. The Hall–Kier alpha value is -0.960. The molecular formula is C12H16O2S. The normalized spacial score (nSPS) is 10.3. The van der Waals surface area contributed by atoms with Crippen molar-refractivity contribution in [3.63, 3.8) is 0 Å². The number of rotatable bonds is 5. The molecule has 2 nitrogen and oxygen atoms in total. The van der Waals surface area contributed by atoms with E-state index < -0.39 is 5.97 Å². The number of carboxylic acid groups (broad SMARTS) is 1. The Morgan fingerprint density at radius 2 is 1.93 bits per heavy atom. The molecule has 0 amide bonds. The van der Waals surface area contributed by atoms with E-state index in [-0.39, 0.29) is 6.42 Å². The fourth-order valence-electron chi connectivity index (χ4n) is 1.46. The highest BCUT2D eigenvalue weighted by molar-refractivity contribution is 7.99. The van der Waals surface area contributed by atoms with Gasteiger partial charge in [0.05, 0.1) is 6.42 Å². The summed E-state index contributed by atoms with van der Waals surface area (Å²) in [5, 5.41) is 8.74. The van der Waals surface area contributed by atoms with E-state index in [1.54, 1.807) is 11.8 Å². The number of aryl methyl sites for hydroxylation is 1. The van der Waals surface area contributed by atoms with E-state index >= 15 is 0 Å². The Morgan fingerprint density at radius 3 is 2.47 bits per heavy atom. The van der Waals surface area contributed by atoms with Crippen molar-refractivity contribution in [2.75, 3.05) is 5.75 Å². The van der Waals surface area contributed by atoms with Crippen LogP contribution in [-0.2, 0) is 17.6 Å². The van der Waals surface area contributed by atoms with E-state index in [1.807, 2.05) is 12.1 Å². The van der Waals surface area contributed by atoms with Crippen LogP contribution in [0.25, 0.3) is 0 Å². The van der Waals surface area contributed by atoms with Gasteiger partial charge in [-0.1, -0.05) is 19.9 Å². The number of benzene rings is 1. The zero-order valence-electron chi connectivity index (χ0n) is 9.12. The smallest absolute Gasteiger partial charge is 0.307 e. The Morgan fingerprint density at radius 1 is 1.27 bits per heavy atom. The summed E-state index contributed by atoms with van der Waals surface area (Å²) in [6, 6.07) is 6.09. The maximum atomic E-state index is 10.6. The molecule has 0 atom stereocenters. The van der Waals surface area contributed by atoms with Crippen molar-refractivity contribution in [3.8, 4) is 0 Å². The number of carboxylic acids is 1. The van der Waals surface area contributed by atoms with Gasteiger partial charge in [0.2, 0.25) is 0 Å².